The molecule has 80 valence electrons. The number of hydrogen-bond acceptors (Lipinski definition) is 1. The van der Waals surface area contributed by atoms with Gasteiger partial charge in [-0.3, -0.25) is 5.41 Å². The van der Waals surface area contributed by atoms with Crippen LogP contribution in [-0.2, 0) is 0 Å². The Morgan fingerprint density at radius 1 is 1.21 bits per heavy atom. The highest BCUT2D eigenvalue weighted by atomic mass is 15.2. The van der Waals surface area contributed by atoms with Gasteiger partial charge in [-0.25, -0.2) is 0 Å². The molecule has 1 saturated heterocycles. The van der Waals surface area contributed by atoms with Crippen LogP contribution in [0.3, 0.4) is 0 Å². The van der Waals surface area contributed by atoms with Crippen molar-refractivity contribution in [3.63, 3.8) is 0 Å². The summed E-state index contributed by atoms with van der Waals surface area (Å²) in [5.74, 6) is 1.78. The first-order valence-electron chi connectivity index (χ1n) is 6.17. The Balaban J connectivity index is 1.98. The Kier molecular flexibility index (Phi) is 3.09. The van der Waals surface area contributed by atoms with Crippen molar-refractivity contribution in [3.05, 3.63) is 0 Å². The lowest BCUT2D eigenvalue weighted by Gasteiger charge is -2.31. The summed E-state index contributed by atoms with van der Waals surface area (Å²) >= 11 is 0. The molecule has 0 bridgehead atoms. The molecule has 0 aromatic heterocycles. The molecule has 2 rings (SSSR count). The smallest absolute Gasteiger partial charge is 0.0957 e. The average Bonchev–Trinajstić information content (AvgIpc) is 2.85. The third-order valence-electron chi connectivity index (χ3n) is 3.92. The van der Waals surface area contributed by atoms with E-state index in [9.17, 15) is 0 Å². The molecule has 0 amide bonds. The molecule has 2 nitrogen and oxygen atoms in total. The molecule has 0 radical (unpaired) electrons. The molecule has 0 aromatic carbocycles. The standard InChI is InChI=1S/C12H22N2/c1-2-12(13)14-9-5-8-11(14)10-6-3-4-7-10/h10-11,13H,2-9H2,1H3. The topological polar surface area (TPSA) is 27.1 Å². The summed E-state index contributed by atoms with van der Waals surface area (Å²) in [5, 5.41) is 7.95. The van der Waals surface area contributed by atoms with Crippen molar-refractivity contribution in [2.45, 2.75) is 57.9 Å². The van der Waals surface area contributed by atoms with E-state index in [4.69, 9.17) is 5.41 Å². The van der Waals surface area contributed by atoms with E-state index in [2.05, 4.69) is 11.8 Å². The fourth-order valence-corrected chi connectivity index (χ4v) is 3.16. The van der Waals surface area contributed by atoms with Crippen LogP contribution >= 0.6 is 0 Å². The van der Waals surface area contributed by atoms with Crippen LogP contribution in [-0.4, -0.2) is 23.3 Å². The molecule has 0 spiro atoms. The van der Waals surface area contributed by atoms with Gasteiger partial charge >= 0.3 is 0 Å². The van der Waals surface area contributed by atoms with E-state index < -0.39 is 0 Å². The molecule has 0 aromatic rings. The van der Waals surface area contributed by atoms with Crippen LogP contribution in [0, 0.1) is 11.3 Å². The molecule has 1 saturated carbocycles. The van der Waals surface area contributed by atoms with Crippen molar-refractivity contribution >= 4 is 5.84 Å². The predicted molar refractivity (Wildman–Crippen MR) is 59.7 cm³/mol. The fourth-order valence-electron chi connectivity index (χ4n) is 3.16. The van der Waals surface area contributed by atoms with Crippen molar-refractivity contribution in [2.75, 3.05) is 6.54 Å². The molecule has 1 aliphatic carbocycles. The van der Waals surface area contributed by atoms with Gasteiger partial charge < -0.3 is 4.90 Å². The van der Waals surface area contributed by atoms with Gasteiger partial charge in [-0.1, -0.05) is 19.8 Å². The summed E-state index contributed by atoms with van der Waals surface area (Å²) in [6.45, 7) is 3.25. The third-order valence-corrected chi connectivity index (χ3v) is 3.92. The molecule has 2 fully saturated rings. The molecule has 1 aliphatic heterocycles. The first-order chi connectivity index (χ1) is 6.83. The van der Waals surface area contributed by atoms with Crippen molar-refractivity contribution in [2.24, 2.45) is 5.92 Å². The van der Waals surface area contributed by atoms with Crippen molar-refractivity contribution in [1.82, 2.24) is 4.90 Å². The molecule has 2 aliphatic rings. The highest BCUT2D eigenvalue weighted by Crippen LogP contribution is 2.35. The monoisotopic (exact) mass is 194 g/mol. The van der Waals surface area contributed by atoms with E-state index in [0.29, 0.717) is 0 Å². The summed E-state index contributed by atoms with van der Waals surface area (Å²) in [6.07, 6.45) is 9.24. The molecule has 1 atom stereocenters. The minimum absolute atomic E-state index is 0.727. The van der Waals surface area contributed by atoms with Gasteiger partial charge in [0.1, 0.15) is 0 Å². The van der Waals surface area contributed by atoms with Gasteiger partial charge in [-0.2, -0.15) is 0 Å². The van der Waals surface area contributed by atoms with Crippen LogP contribution in [0.4, 0.5) is 0 Å². The summed E-state index contributed by atoms with van der Waals surface area (Å²) < 4.78 is 0. The van der Waals surface area contributed by atoms with Crippen LogP contribution < -0.4 is 0 Å². The number of nitrogens with one attached hydrogen (secondary N) is 1. The zero-order valence-electron chi connectivity index (χ0n) is 9.26. The molecule has 2 heteroatoms. The maximum absolute atomic E-state index is 7.95. The van der Waals surface area contributed by atoms with E-state index in [-0.39, 0.29) is 0 Å². The number of rotatable bonds is 2. The SMILES string of the molecule is CCC(=N)N1CCCC1C1CCCC1. The van der Waals surface area contributed by atoms with Gasteiger partial charge in [0.05, 0.1) is 5.84 Å². The fraction of sp³-hybridized carbons (Fsp3) is 0.917. The lowest BCUT2D eigenvalue weighted by molar-refractivity contribution is 0.276. The zero-order chi connectivity index (χ0) is 9.97. The number of nitrogens with zero attached hydrogens (tertiary/aromatic N) is 1. The third kappa shape index (κ3) is 1.79. The van der Waals surface area contributed by atoms with E-state index in [1.165, 1.54) is 38.5 Å². The van der Waals surface area contributed by atoms with Gasteiger partial charge in [0.2, 0.25) is 0 Å². The van der Waals surface area contributed by atoms with Crippen LogP contribution in [0.25, 0.3) is 0 Å². The molecular formula is C12H22N2. The second-order valence-corrected chi connectivity index (χ2v) is 4.75. The van der Waals surface area contributed by atoms with E-state index >= 15 is 0 Å². The van der Waals surface area contributed by atoms with Crippen LogP contribution in [0.5, 0.6) is 0 Å². The second kappa shape index (κ2) is 4.33. The van der Waals surface area contributed by atoms with Gasteiger partial charge in [0, 0.05) is 19.0 Å². The van der Waals surface area contributed by atoms with Gasteiger partial charge in [0.25, 0.3) is 0 Å². The summed E-state index contributed by atoms with van der Waals surface area (Å²) in [6, 6.07) is 0.727. The summed E-state index contributed by atoms with van der Waals surface area (Å²) in [7, 11) is 0. The van der Waals surface area contributed by atoms with E-state index in [1.54, 1.807) is 0 Å². The highest BCUT2D eigenvalue weighted by Gasteiger charge is 2.33. The average molecular weight is 194 g/mol. The largest absolute Gasteiger partial charge is 0.357 e. The van der Waals surface area contributed by atoms with Crippen molar-refractivity contribution < 1.29 is 0 Å². The van der Waals surface area contributed by atoms with Gasteiger partial charge in [-0.05, 0) is 31.6 Å². The van der Waals surface area contributed by atoms with Crippen LogP contribution in [0.1, 0.15) is 51.9 Å². The Morgan fingerprint density at radius 3 is 2.57 bits per heavy atom. The predicted octanol–water partition coefficient (Wildman–Crippen LogP) is 3.03. The van der Waals surface area contributed by atoms with Gasteiger partial charge in [0.15, 0.2) is 0 Å². The Morgan fingerprint density at radius 2 is 1.93 bits per heavy atom. The second-order valence-electron chi connectivity index (χ2n) is 4.75. The molecule has 1 N–H and O–H groups in total. The minimum Gasteiger partial charge on any atom is -0.357 e. The summed E-state index contributed by atoms with van der Waals surface area (Å²) in [4.78, 5) is 2.38. The quantitative estimate of drug-likeness (QED) is 0.531. The Hall–Kier alpha value is -0.530. The minimum atomic E-state index is 0.727. The van der Waals surface area contributed by atoms with E-state index in [0.717, 1.165) is 30.8 Å². The maximum atomic E-state index is 7.95. The normalized spacial score (nSPS) is 28.6. The first-order valence-corrected chi connectivity index (χ1v) is 6.17. The Bertz CT molecular complexity index is 206. The number of likely N-dealkylation sites (tertiary alicyclic amines) is 1. The Labute approximate surface area is 87.2 Å². The van der Waals surface area contributed by atoms with Crippen LogP contribution in [0.15, 0.2) is 0 Å². The first kappa shape index (κ1) is 10.0. The van der Waals surface area contributed by atoms with Crippen molar-refractivity contribution in [1.29, 1.82) is 5.41 Å². The molecule has 1 heterocycles. The lowest BCUT2D eigenvalue weighted by Crippen LogP contribution is -2.38. The van der Waals surface area contributed by atoms with Crippen molar-refractivity contribution in [3.8, 4) is 0 Å². The van der Waals surface area contributed by atoms with Gasteiger partial charge in [-0.15, -0.1) is 0 Å². The zero-order valence-corrected chi connectivity index (χ0v) is 9.26. The summed E-state index contributed by atoms with van der Waals surface area (Å²) in [5.41, 5.74) is 0. The number of hydrogen-bond donors (Lipinski definition) is 1. The van der Waals surface area contributed by atoms with E-state index in [1.807, 2.05) is 0 Å². The maximum Gasteiger partial charge on any atom is 0.0957 e. The molecule has 14 heavy (non-hydrogen) atoms. The van der Waals surface area contributed by atoms with Crippen LogP contribution in [0.2, 0.25) is 0 Å². The molecular weight excluding hydrogens is 172 g/mol. The number of amidine groups is 1. The lowest BCUT2D eigenvalue weighted by atomic mass is 9.96. The highest BCUT2D eigenvalue weighted by molar-refractivity contribution is 5.79. The molecule has 1 unspecified atom stereocenters.